The summed E-state index contributed by atoms with van der Waals surface area (Å²) in [5.74, 6) is 0.0280. The predicted molar refractivity (Wildman–Crippen MR) is 85.6 cm³/mol. The van der Waals surface area contributed by atoms with Crippen molar-refractivity contribution in [3.63, 3.8) is 0 Å². The molecule has 0 saturated carbocycles. The average Bonchev–Trinajstić information content (AvgIpc) is 3.05. The minimum atomic E-state index is 0.0280. The van der Waals surface area contributed by atoms with Crippen molar-refractivity contribution >= 4 is 17.2 Å². The molecule has 2 aromatic heterocycles. The van der Waals surface area contributed by atoms with Crippen LogP contribution in [0.5, 0.6) is 0 Å². The zero-order valence-corrected chi connectivity index (χ0v) is 12.8. The van der Waals surface area contributed by atoms with Crippen LogP contribution in [0.1, 0.15) is 41.9 Å². The Balaban J connectivity index is 2.04. The molecule has 0 aromatic carbocycles. The van der Waals surface area contributed by atoms with Crippen molar-refractivity contribution in [2.24, 2.45) is 10.9 Å². The Kier molecular flexibility index (Phi) is 5.71. The van der Waals surface area contributed by atoms with Gasteiger partial charge in [-0.1, -0.05) is 24.6 Å². The second kappa shape index (κ2) is 7.75. The standard InChI is InChI=1S/C15H20N4OS/c1-2-4-12(14-5-3-8-21-14)18-10-11-6-7-17-13(9-11)15(16)19-20/h3,5-9,12,18,20H,2,4,10H2,1H3,(H2,16,19). The molecule has 0 saturated heterocycles. The van der Waals surface area contributed by atoms with Gasteiger partial charge in [0.1, 0.15) is 5.69 Å². The Morgan fingerprint density at radius 3 is 3.05 bits per heavy atom. The van der Waals surface area contributed by atoms with E-state index >= 15 is 0 Å². The van der Waals surface area contributed by atoms with Crippen LogP contribution >= 0.6 is 11.3 Å². The Labute approximate surface area is 128 Å². The second-order valence-corrected chi connectivity index (χ2v) is 5.75. The maximum Gasteiger partial charge on any atom is 0.188 e. The average molecular weight is 304 g/mol. The van der Waals surface area contributed by atoms with Gasteiger partial charge in [0.15, 0.2) is 5.84 Å². The fourth-order valence-corrected chi connectivity index (χ4v) is 2.98. The third-order valence-corrected chi connectivity index (χ3v) is 4.20. The number of rotatable bonds is 7. The summed E-state index contributed by atoms with van der Waals surface area (Å²) in [6.45, 7) is 2.90. The number of thiophene rings is 1. The zero-order chi connectivity index (χ0) is 15.1. The number of nitrogens with zero attached hydrogens (tertiary/aromatic N) is 2. The maximum absolute atomic E-state index is 8.70. The topological polar surface area (TPSA) is 83.5 Å². The molecular formula is C15H20N4OS. The van der Waals surface area contributed by atoms with Gasteiger partial charge in [0, 0.05) is 23.7 Å². The number of nitrogens with two attached hydrogens (primary N) is 1. The van der Waals surface area contributed by atoms with Crippen LogP contribution in [0.3, 0.4) is 0 Å². The lowest BCUT2D eigenvalue weighted by Crippen LogP contribution is -2.21. The van der Waals surface area contributed by atoms with Gasteiger partial charge in [-0.3, -0.25) is 4.98 Å². The molecule has 0 fully saturated rings. The fourth-order valence-electron chi connectivity index (χ4n) is 2.14. The van der Waals surface area contributed by atoms with Crippen molar-refractivity contribution in [1.82, 2.24) is 10.3 Å². The highest BCUT2D eigenvalue weighted by Gasteiger charge is 2.11. The first-order valence-corrected chi connectivity index (χ1v) is 7.82. The highest BCUT2D eigenvalue weighted by atomic mass is 32.1. The van der Waals surface area contributed by atoms with E-state index in [0.717, 1.165) is 24.9 Å². The van der Waals surface area contributed by atoms with Crippen LogP contribution in [0.4, 0.5) is 0 Å². The lowest BCUT2D eigenvalue weighted by molar-refractivity contribution is 0.318. The molecule has 6 heteroatoms. The van der Waals surface area contributed by atoms with Crippen LogP contribution in [0, 0.1) is 0 Å². The molecule has 0 radical (unpaired) electrons. The van der Waals surface area contributed by atoms with E-state index in [1.165, 1.54) is 4.88 Å². The first kappa shape index (κ1) is 15.5. The highest BCUT2D eigenvalue weighted by molar-refractivity contribution is 7.10. The monoisotopic (exact) mass is 304 g/mol. The lowest BCUT2D eigenvalue weighted by Gasteiger charge is -2.17. The number of pyridine rings is 1. The molecule has 1 unspecified atom stereocenters. The van der Waals surface area contributed by atoms with Crippen molar-refractivity contribution in [2.45, 2.75) is 32.4 Å². The molecule has 0 spiro atoms. The summed E-state index contributed by atoms with van der Waals surface area (Å²) in [6, 6.07) is 8.35. The molecular weight excluding hydrogens is 284 g/mol. The van der Waals surface area contributed by atoms with E-state index in [2.05, 4.69) is 39.9 Å². The molecule has 0 bridgehead atoms. The van der Waals surface area contributed by atoms with Gasteiger partial charge >= 0.3 is 0 Å². The van der Waals surface area contributed by atoms with E-state index in [-0.39, 0.29) is 5.84 Å². The van der Waals surface area contributed by atoms with E-state index in [4.69, 9.17) is 10.9 Å². The number of amidine groups is 1. The summed E-state index contributed by atoms with van der Waals surface area (Å²) in [5.41, 5.74) is 7.11. The first-order valence-electron chi connectivity index (χ1n) is 6.94. The molecule has 21 heavy (non-hydrogen) atoms. The van der Waals surface area contributed by atoms with Crippen molar-refractivity contribution in [3.05, 3.63) is 52.0 Å². The van der Waals surface area contributed by atoms with E-state index < -0.39 is 0 Å². The minimum Gasteiger partial charge on any atom is -0.409 e. The van der Waals surface area contributed by atoms with Gasteiger partial charge in [-0.05, 0) is 35.6 Å². The van der Waals surface area contributed by atoms with E-state index in [9.17, 15) is 0 Å². The Bertz CT molecular complexity index is 583. The summed E-state index contributed by atoms with van der Waals surface area (Å²) in [6.07, 6.45) is 3.89. The molecule has 4 N–H and O–H groups in total. The largest absolute Gasteiger partial charge is 0.409 e. The van der Waals surface area contributed by atoms with Gasteiger partial charge in [0.05, 0.1) is 0 Å². The highest BCUT2D eigenvalue weighted by Crippen LogP contribution is 2.23. The predicted octanol–water partition coefficient (Wildman–Crippen LogP) is 2.87. The molecule has 2 aromatic rings. The number of oxime groups is 1. The van der Waals surface area contributed by atoms with Gasteiger partial charge < -0.3 is 16.3 Å². The first-order chi connectivity index (χ1) is 10.2. The zero-order valence-electron chi connectivity index (χ0n) is 12.0. The van der Waals surface area contributed by atoms with Gasteiger partial charge in [-0.2, -0.15) is 0 Å². The molecule has 2 rings (SSSR count). The van der Waals surface area contributed by atoms with Gasteiger partial charge in [0.25, 0.3) is 0 Å². The lowest BCUT2D eigenvalue weighted by atomic mass is 10.1. The molecule has 5 nitrogen and oxygen atoms in total. The molecule has 0 aliphatic rings. The fraction of sp³-hybridized carbons (Fsp3) is 0.333. The maximum atomic E-state index is 8.70. The normalized spacial score (nSPS) is 13.3. The summed E-state index contributed by atoms with van der Waals surface area (Å²) in [7, 11) is 0. The van der Waals surface area contributed by atoms with Crippen molar-refractivity contribution in [3.8, 4) is 0 Å². The summed E-state index contributed by atoms with van der Waals surface area (Å²) in [5, 5.41) is 17.3. The van der Waals surface area contributed by atoms with E-state index in [1.807, 2.05) is 12.1 Å². The van der Waals surface area contributed by atoms with Crippen molar-refractivity contribution in [2.75, 3.05) is 0 Å². The van der Waals surface area contributed by atoms with Crippen LogP contribution in [0.25, 0.3) is 0 Å². The van der Waals surface area contributed by atoms with E-state index in [0.29, 0.717) is 11.7 Å². The van der Waals surface area contributed by atoms with Crippen molar-refractivity contribution in [1.29, 1.82) is 0 Å². The Hall–Kier alpha value is -1.92. The summed E-state index contributed by atoms with van der Waals surface area (Å²) >= 11 is 1.77. The molecule has 0 aliphatic heterocycles. The minimum absolute atomic E-state index is 0.0280. The van der Waals surface area contributed by atoms with Crippen LogP contribution in [0.2, 0.25) is 0 Å². The van der Waals surface area contributed by atoms with Crippen LogP contribution in [-0.2, 0) is 6.54 Å². The number of aromatic nitrogens is 1. The molecule has 0 aliphatic carbocycles. The van der Waals surface area contributed by atoms with Gasteiger partial charge in [-0.25, -0.2) is 0 Å². The van der Waals surface area contributed by atoms with Gasteiger partial charge in [-0.15, -0.1) is 11.3 Å². The van der Waals surface area contributed by atoms with Gasteiger partial charge in [0.2, 0.25) is 0 Å². The summed E-state index contributed by atoms with van der Waals surface area (Å²) in [4.78, 5) is 5.43. The SMILES string of the molecule is CCCC(NCc1ccnc(C(N)=NO)c1)c1cccs1. The third kappa shape index (κ3) is 4.27. The molecule has 1 atom stereocenters. The summed E-state index contributed by atoms with van der Waals surface area (Å²) < 4.78 is 0. The third-order valence-electron chi connectivity index (χ3n) is 3.21. The second-order valence-electron chi connectivity index (χ2n) is 4.77. The smallest absolute Gasteiger partial charge is 0.188 e. The number of hydrogen-bond donors (Lipinski definition) is 3. The number of hydrogen-bond acceptors (Lipinski definition) is 5. The van der Waals surface area contributed by atoms with E-state index in [1.54, 1.807) is 17.5 Å². The Morgan fingerprint density at radius 1 is 1.52 bits per heavy atom. The molecule has 2 heterocycles. The van der Waals surface area contributed by atoms with Crippen molar-refractivity contribution < 1.29 is 5.21 Å². The van der Waals surface area contributed by atoms with Crippen LogP contribution in [-0.4, -0.2) is 16.0 Å². The Morgan fingerprint density at radius 2 is 2.38 bits per heavy atom. The molecule has 112 valence electrons. The number of nitrogens with one attached hydrogen (secondary N) is 1. The van der Waals surface area contributed by atoms with Crippen LogP contribution in [0.15, 0.2) is 41.0 Å². The molecule has 0 amide bonds. The quantitative estimate of drug-likeness (QED) is 0.318. The van der Waals surface area contributed by atoms with Crippen LogP contribution < -0.4 is 11.1 Å².